The lowest BCUT2D eigenvalue weighted by molar-refractivity contribution is -0.115. The van der Waals surface area contributed by atoms with Gasteiger partial charge in [-0.15, -0.1) is 5.10 Å². The van der Waals surface area contributed by atoms with Crippen LogP contribution in [0.2, 0.25) is 0 Å². The van der Waals surface area contributed by atoms with E-state index in [-0.39, 0.29) is 24.1 Å². The zero-order chi connectivity index (χ0) is 16.2. The van der Waals surface area contributed by atoms with Gasteiger partial charge in [0, 0.05) is 18.0 Å². The number of nitrogens with one attached hydrogen (secondary N) is 2. The Hall–Kier alpha value is -3.09. The number of hydrogen-bond acceptors (Lipinski definition) is 4. The fraction of sp³-hybridized carbons (Fsp3) is 0.125. The van der Waals surface area contributed by atoms with Crippen molar-refractivity contribution in [1.29, 1.82) is 0 Å². The number of nitrogens with zero attached hydrogens (tertiary/aromatic N) is 3. The number of pyridine rings is 1. The number of aromatic nitrogens is 4. The van der Waals surface area contributed by atoms with Gasteiger partial charge < -0.3 is 0 Å². The highest BCUT2D eigenvalue weighted by molar-refractivity contribution is 5.90. The Morgan fingerprint density at radius 2 is 2.04 bits per heavy atom. The zero-order valence-electron chi connectivity index (χ0n) is 12.4. The van der Waals surface area contributed by atoms with E-state index in [1.165, 1.54) is 6.07 Å². The average molecular weight is 311 g/mol. The maximum Gasteiger partial charge on any atom is 0.249 e. The minimum absolute atomic E-state index is 0.125. The van der Waals surface area contributed by atoms with Crippen molar-refractivity contribution in [3.8, 4) is 11.4 Å². The Morgan fingerprint density at radius 1 is 1.26 bits per heavy atom. The number of aryl methyl sites for hydroxylation is 1. The molecule has 0 bridgehead atoms. The summed E-state index contributed by atoms with van der Waals surface area (Å²) in [4.78, 5) is 20.2. The first-order valence-corrected chi connectivity index (χ1v) is 6.99. The molecule has 3 aromatic rings. The number of amides is 1. The molecule has 0 aliphatic heterocycles. The maximum atomic E-state index is 13.2. The number of carbonyl (C=O) groups is 1. The first kappa shape index (κ1) is 14.8. The van der Waals surface area contributed by atoms with E-state index in [9.17, 15) is 9.18 Å². The first-order chi connectivity index (χ1) is 11.1. The monoisotopic (exact) mass is 311 g/mol. The van der Waals surface area contributed by atoms with Crippen LogP contribution in [-0.4, -0.2) is 26.1 Å². The van der Waals surface area contributed by atoms with Gasteiger partial charge in [-0.1, -0.05) is 12.1 Å². The van der Waals surface area contributed by atoms with Crippen molar-refractivity contribution in [3.63, 3.8) is 0 Å². The number of benzene rings is 1. The Labute approximate surface area is 131 Å². The average Bonchev–Trinajstić information content (AvgIpc) is 3.00. The largest absolute Gasteiger partial charge is 0.293 e. The van der Waals surface area contributed by atoms with E-state index in [0.29, 0.717) is 11.4 Å². The summed E-state index contributed by atoms with van der Waals surface area (Å²) in [5, 5.41) is 9.32. The predicted molar refractivity (Wildman–Crippen MR) is 83.1 cm³/mol. The molecular formula is C16H14FN5O. The Bertz CT molecular complexity index is 831. The highest BCUT2D eigenvalue weighted by Gasteiger charge is 2.10. The SMILES string of the molecule is Cc1cc(CC(=O)Nc2n[nH]c(-c3ccncc3)n2)ccc1F. The van der Waals surface area contributed by atoms with E-state index in [1.54, 1.807) is 43.6 Å². The van der Waals surface area contributed by atoms with Gasteiger partial charge in [-0.05, 0) is 36.2 Å². The summed E-state index contributed by atoms with van der Waals surface area (Å²) in [5.74, 6) is 0.183. The minimum Gasteiger partial charge on any atom is -0.293 e. The fourth-order valence-corrected chi connectivity index (χ4v) is 2.13. The standard InChI is InChI=1S/C16H14FN5O/c1-10-8-11(2-3-13(10)17)9-14(23)19-16-20-15(21-22-16)12-4-6-18-7-5-12/h2-8H,9H2,1H3,(H2,19,20,21,22,23). The van der Waals surface area contributed by atoms with Crippen LogP contribution in [-0.2, 0) is 11.2 Å². The van der Waals surface area contributed by atoms with Gasteiger partial charge in [0.2, 0.25) is 11.9 Å². The van der Waals surface area contributed by atoms with Crippen LogP contribution >= 0.6 is 0 Å². The highest BCUT2D eigenvalue weighted by atomic mass is 19.1. The molecule has 2 aromatic heterocycles. The second kappa shape index (κ2) is 6.35. The molecule has 23 heavy (non-hydrogen) atoms. The quantitative estimate of drug-likeness (QED) is 0.775. The molecule has 0 spiro atoms. The molecule has 0 aliphatic carbocycles. The lowest BCUT2D eigenvalue weighted by Crippen LogP contribution is -2.15. The molecule has 0 unspecified atom stereocenters. The van der Waals surface area contributed by atoms with Gasteiger partial charge >= 0.3 is 0 Å². The van der Waals surface area contributed by atoms with Crippen molar-refractivity contribution in [3.05, 3.63) is 59.7 Å². The van der Waals surface area contributed by atoms with Crippen molar-refractivity contribution < 1.29 is 9.18 Å². The lowest BCUT2D eigenvalue weighted by atomic mass is 10.1. The second-order valence-corrected chi connectivity index (χ2v) is 5.05. The molecule has 3 rings (SSSR count). The van der Waals surface area contributed by atoms with Gasteiger partial charge in [-0.3, -0.25) is 20.2 Å². The first-order valence-electron chi connectivity index (χ1n) is 6.99. The van der Waals surface area contributed by atoms with Crippen molar-refractivity contribution in [2.75, 3.05) is 5.32 Å². The highest BCUT2D eigenvalue weighted by Crippen LogP contribution is 2.15. The summed E-state index contributed by atoms with van der Waals surface area (Å²) in [6.45, 7) is 1.66. The molecule has 0 saturated carbocycles. The third-order valence-corrected chi connectivity index (χ3v) is 3.28. The van der Waals surface area contributed by atoms with Gasteiger partial charge in [0.1, 0.15) is 5.82 Å². The molecule has 0 radical (unpaired) electrons. The summed E-state index contributed by atoms with van der Waals surface area (Å²) in [7, 11) is 0. The molecule has 2 N–H and O–H groups in total. The van der Waals surface area contributed by atoms with Gasteiger partial charge in [0.25, 0.3) is 0 Å². The minimum atomic E-state index is -0.287. The number of halogens is 1. The summed E-state index contributed by atoms with van der Waals surface area (Å²) in [6.07, 6.45) is 3.42. The van der Waals surface area contributed by atoms with Crippen LogP contribution in [0.15, 0.2) is 42.7 Å². The van der Waals surface area contributed by atoms with Crippen LogP contribution in [0.5, 0.6) is 0 Å². The third kappa shape index (κ3) is 3.57. The van der Waals surface area contributed by atoms with Crippen molar-refractivity contribution in [2.24, 2.45) is 0 Å². The van der Waals surface area contributed by atoms with E-state index in [2.05, 4.69) is 25.5 Å². The molecule has 2 heterocycles. The lowest BCUT2D eigenvalue weighted by Gasteiger charge is -2.03. The predicted octanol–water partition coefficient (Wildman–Crippen LogP) is 2.50. The summed E-state index contributed by atoms with van der Waals surface area (Å²) >= 11 is 0. The van der Waals surface area contributed by atoms with Gasteiger partial charge in [0.05, 0.1) is 6.42 Å². The van der Waals surface area contributed by atoms with Crippen LogP contribution in [0, 0.1) is 12.7 Å². The van der Waals surface area contributed by atoms with Gasteiger partial charge in [-0.2, -0.15) is 4.98 Å². The molecule has 1 aromatic carbocycles. The number of aromatic amines is 1. The van der Waals surface area contributed by atoms with Crippen LogP contribution in [0.3, 0.4) is 0 Å². The molecule has 0 fully saturated rings. The smallest absolute Gasteiger partial charge is 0.249 e. The number of carbonyl (C=O) groups excluding carboxylic acids is 1. The van der Waals surface area contributed by atoms with Crippen LogP contribution in [0.25, 0.3) is 11.4 Å². The number of rotatable bonds is 4. The van der Waals surface area contributed by atoms with Crippen molar-refractivity contribution in [1.82, 2.24) is 20.2 Å². The van der Waals surface area contributed by atoms with Crippen LogP contribution in [0.1, 0.15) is 11.1 Å². The molecule has 116 valence electrons. The van der Waals surface area contributed by atoms with Crippen LogP contribution < -0.4 is 5.32 Å². The molecule has 0 atom stereocenters. The number of anilines is 1. The van der Waals surface area contributed by atoms with E-state index in [1.807, 2.05) is 0 Å². The van der Waals surface area contributed by atoms with E-state index >= 15 is 0 Å². The zero-order valence-corrected chi connectivity index (χ0v) is 12.4. The molecule has 6 nitrogen and oxygen atoms in total. The molecule has 0 saturated heterocycles. The Balaban J connectivity index is 1.66. The Kier molecular flexibility index (Phi) is 4.09. The Morgan fingerprint density at radius 3 is 2.78 bits per heavy atom. The summed E-state index contributed by atoms with van der Waals surface area (Å²) < 4.78 is 13.2. The molecule has 7 heteroatoms. The van der Waals surface area contributed by atoms with E-state index < -0.39 is 0 Å². The fourth-order valence-electron chi connectivity index (χ4n) is 2.13. The summed E-state index contributed by atoms with van der Waals surface area (Å²) in [6, 6.07) is 8.16. The number of H-pyrrole nitrogens is 1. The van der Waals surface area contributed by atoms with Gasteiger partial charge in [-0.25, -0.2) is 4.39 Å². The van der Waals surface area contributed by atoms with Crippen LogP contribution in [0.4, 0.5) is 10.3 Å². The van der Waals surface area contributed by atoms with Crippen molar-refractivity contribution in [2.45, 2.75) is 13.3 Å². The van der Waals surface area contributed by atoms with Crippen molar-refractivity contribution >= 4 is 11.9 Å². The molecule has 1 amide bonds. The molecule has 0 aliphatic rings. The van der Waals surface area contributed by atoms with Gasteiger partial charge in [0.15, 0.2) is 5.82 Å². The topological polar surface area (TPSA) is 83.6 Å². The van der Waals surface area contributed by atoms with E-state index in [0.717, 1.165) is 11.1 Å². The third-order valence-electron chi connectivity index (χ3n) is 3.28. The second-order valence-electron chi connectivity index (χ2n) is 5.05. The number of hydrogen-bond donors (Lipinski definition) is 2. The maximum absolute atomic E-state index is 13.2. The van der Waals surface area contributed by atoms with E-state index in [4.69, 9.17) is 0 Å². The molecular weight excluding hydrogens is 297 g/mol. The summed E-state index contributed by atoms with van der Waals surface area (Å²) in [5.41, 5.74) is 2.06. The normalized spacial score (nSPS) is 10.5.